The lowest BCUT2D eigenvalue weighted by Crippen LogP contribution is -2.19. The zero-order chi connectivity index (χ0) is 17.1. The van der Waals surface area contributed by atoms with Gasteiger partial charge in [-0.2, -0.15) is 0 Å². The number of thiophene rings is 1. The molecule has 3 N–H and O–H groups in total. The van der Waals surface area contributed by atoms with Gasteiger partial charge in [0.1, 0.15) is 5.00 Å². The molecule has 24 heavy (non-hydrogen) atoms. The van der Waals surface area contributed by atoms with Crippen molar-refractivity contribution in [3.63, 3.8) is 0 Å². The maximum absolute atomic E-state index is 12.3. The lowest BCUT2D eigenvalue weighted by atomic mass is 9.88. The van der Waals surface area contributed by atoms with E-state index in [4.69, 9.17) is 5.73 Å². The number of aryl methyl sites for hydroxylation is 1. The summed E-state index contributed by atoms with van der Waals surface area (Å²) in [5.74, 6) is 0.0897. The van der Waals surface area contributed by atoms with Crippen molar-refractivity contribution >= 4 is 28.2 Å². The Hall–Kier alpha value is -2.14. The number of hydrogen-bond donors (Lipinski definition) is 2. The molecule has 1 heterocycles. The first-order valence-electron chi connectivity index (χ1n) is 8.32. The predicted octanol–water partition coefficient (Wildman–Crippen LogP) is 3.54. The average molecular weight is 342 g/mol. The molecular weight excluding hydrogens is 320 g/mol. The van der Waals surface area contributed by atoms with Crippen LogP contribution in [0, 0.1) is 5.92 Å². The van der Waals surface area contributed by atoms with Gasteiger partial charge in [-0.25, -0.2) is 0 Å². The van der Waals surface area contributed by atoms with Crippen LogP contribution in [0.4, 0.5) is 5.00 Å². The van der Waals surface area contributed by atoms with Crippen LogP contribution < -0.4 is 11.1 Å². The molecule has 0 aliphatic heterocycles. The summed E-state index contributed by atoms with van der Waals surface area (Å²) in [5, 5.41) is 3.54. The molecule has 0 unspecified atom stereocenters. The van der Waals surface area contributed by atoms with E-state index in [9.17, 15) is 9.59 Å². The molecule has 1 aliphatic carbocycles. The molecule has 4 nitrogen and oxygen atoms in total. The summed E-state index contributed by atoms with van der Waals surface area (Å²) in [7, 11) is 0. The van der Waals surface area contributed by atoms with Crippen LogP contribution in [0.1, 0.15) is 46.1 Å². The van der Waals surface area contributed by atoms with Crippen molar-refractivity contribution < 1.29 is 9.59 Å². The van der Waals surface area contributed by atoms with Crippen LogP contribution in [-0.2, 0) is 24.1 Å². The standard InChI is InChI=1S/C19H22N2O2S/c1-12-7-9-14-15(11-12)24-19(17(14)18(20)23)21-16(22)10-8-13-5-3-2-4-6-13/h2-6,12H,7-11H2,1H3,(H2,20,23)(H,21,22)/t12-/m1/s1. The number of primary amides is 1. The first-order valence-corrected chi connectivity index (χ1v) is 9.14. The average Bonchev–Trinajstić information content (AvgIpc) is 2.90. The molecule has 0 fully saturated rings. The summed E-state index contributed by atoms with van der Waals surface area (Å²) in [4.78, 5) is 25.4. The number of nitrogens with two attached hydrogens (primary N) is 1. The third-order valence-electron chi connectivity index (χ3n) is 4.49. The van der Waals surface area contributed by atoms with Crippen LogP contribution in [0.5, 0.6) is 0 Å². The van der Waals surface area contributed by atoms with E-state index in [1.54, 1.807) is 0 Å². The van der Waals surface area contributed by atoms with E-state index >= 15 is 0 Å². The summed E-state index contributed by atoms with van der Waals surface area (Å²) in [6, 6.07) is 9.90. The predicted molar refractivity (Wildman–Crippen MR) is 97.4 cm³/mol. The van der Waals surface area contributed by atoms with E-state index in [1.807, 2.05) is 30.3 Å². The Bertz CT molecular complexity index is 752. The molecule has 2 amide bonds. The van der Waals surface area contributed by atoms with Gasteiger partial charge in [0.15, 0.2) is 0 Å². The van der Waals surface area contributed by atoms with Gasteiger partial charge >= 0.3 is 0 Å². The van der Waals surface area contributed by atoms with Gasteiger partial charge in [-0.15, -0.1) is 11.3 Å². The van der Waals surface area contributed by atoms with Gasteiger partial charge in [0, 0.05) is 11.3 Å². The van der Waals surface area contributed by atoms with Crippen molar-refractivity contribution in [3.05, 3.63) is 51.9 Å². The van der Waals surface area contributed by atoms with Gasteiger partial charge in [0.25, 0.3) is 5.91 Å². The van der Waals surface area contributed by atoms with Crippen molar-refractivity contribution in [3.8, 4) is 0 Å². The van der Waals surface area contributed by atoms with E-state index in [-0.39, 0.29) is 5.91 Å². The van der Waals surface area contributed by atoms with Gasteiger partial charge in [0.05, 0.1) is 5.56 Å². The second-order valence-electron chi connectivity index (χ2n) is 6.45. The first kappa shape index (κ1) is 16.7. The monoisotopic (exact) mass is 342 g/mol. The minimum Gasteiger partial charge on any atom is -0.365 e. The summed E-state index contributed by atoms with van der Waals surface area (Å²) in [5.41, 5.74) is 8.27. The maximum atomic E-state index is 12.3. The number of fused-ring (bicyclic) bond motifs is 1. The summed E-state index contributed by atoms with van der Waals surface area (Å²) in [6.07, 6.45) is 3.96. The molecule has 1 aromatic carbocycles. The number of benzene rings is 1. The minimum absolute atomic E-state index is 0.0759. The van der Waals surface area contributed by atoms with Crippen LogP contribution in [0.15, 0.2) is 30.3 Å². The summed E-state index contributed by atoms with van der Waals surface area (Å²) < 4.78 is 0. The molecule has 0 spiro atoms. The Morgan fingerprint density at radius 3 is 2.75 bits per heavy atom. The molecule has 1 atom stereocenters. The van der Waals surface area contributed by atoms with Crippen LogP contribution in [-0.4, -0.2) is 11.8 Å². The van der Waals surface area contributed by atoms with E-state index < -0.39 is 5.91 Å². The Labute approximate surface area is 146 Å². The number of carbonyl (C=O) groups excluding carboxylic acids is 2. The Morgan fingerprint density at radius 1 is 1.29 bits per heavy atom. The lowest BCUT2D eigenvalue weighted by molar-refractivity contribution is -0.116. The van der Waals surface area contributed by atoms with Crippen LogP contribution >= 0.6 is 11.3 Å². The van der Waals surface area contributed by atoms with Crippen molar-refractivity contribution in [1.82, 2.24) is 0 Å². The molecule has 126 valence electrons. The highest BCUT2D eigenvalue weighted by molar-refractivity contribution is 7.17. The second kappa shape index (κ2) is 7.18. The largest absolute Gasteiger partial charge is 0.365 e. The number of anilines is 1. The zero-order valence-electron chi connectivity index (χ0n) is 13.8. The first-order chi connectivity index (χ1) is 11.5. The van der Waals surface area contributed by atoms with E-state index in [0.717, 1.165) is 30.4 Å². The third kappa shape index (κ3) is 3.67. The topological polar surface area (TPSA) is 72.2 Å². The Kier molecular flexibility index (Phi) is 5.00. The number of nitrogens with one attached hydrogen (secondary N) is 1. The van der Waals surface area contributed by atoms with Gasteiger partial charge in [-0.1, -0.05) is 37.3 Å². The quantitative estimate of drug-likeness (QED) is 0.872. The fourth-order valence-corrected chi connectivity index (χ4v) is 4.62. The number of rotatable bonds is 5. The van der Waals surface area contributed by atoms with E-state index in [2.05, 4.69) is 12.2 Å². The number of carbonyl (C=O) groups is 2. The minimum atomic E-state index is -0.444. The molecule has 3 rings (SSSR count). The highest BCUT2D eigenvalue weighted by atomic mass is 32.1. The van der Waals surface area contributed by atoms with Crippen molar-refractivity contribution in [2.75, 3.05) is 5.32 Å². The van der Waals surface area contributed by atoms with Crippen LogP contribution in [0.2, 0.25) is 0 Å². The highest BCUT2D eigenvalue weighted by Gasteiger charge is 2.27. The maximum Gasteiger partial charge on any atom is 0.251 e. The molecule has 5 heteroatoms. The number of amides is 2. The lowest BCUT2D eigenvalue weighted by Gasteiger charge is -2.18. The van der Waals surface area contributed by atoms with Crippen molar-refractivity contribution in [1.29, 1.82) is 0 Å². The molecule has 2 aromatic rings. The van der Waals surface area contributed by atoms with Crippen LogP contribution in [0.25, 0.3) is 0 Å². The fourth-order valence-electron chi connectivity index (χ4n) is 3.19. The molecule has 0 saturated carbocycles. The third-order valence-corrected chi connectivity index (χ3v) is 5.66. The van der Waals surface area contributed by atoms with Gasteiger partial charge in [-0.3, -0.25) is 9.59 Å². The zero-order valence-corrected chi connectivity index (χ0v) is 14.6. The smallest absolute Gasteiger partial charge is 0.251 e. The summed E-state index contributed by atoms with van der Waals surface area (Å²) >= 11 is 1.51. The van der Waals surface area contributed by atoms with Crippen molar-refractivity contribution in [2.24, 2.45) is 11.7 Å². The van der Waals surface area contributed by atoms with E-state index in [1.165, 1.54) is 16.2 Å². The van der Waals surface area contributed by atoms with Crippen molar-refractivity contribution in [2.45, 2.75) is 39.0 Å². The number of hydrogen-bond acceptors (Lipinski definition) is 3. The summed E-state index contributed by atoms with van der Waals surface area (Å²) in [6.45, 7) is 2.21. The molecule has 0 radical (unpaired) electrons. The van der Waals surface area contributed by atoms with Gasteiger partial charge in [0.2, 0.25) is 5.91 Å². The Morgan fingerprint density at radius 2 is 2.04 bits per heavy atom. The normalized spacial score (nSPS) is 16.5. The highest BCUT2D eigenvalue weighted by Crippen LogP contribution is 2.39. The molecule has 0 saturated heterocycles. The fraction of sp³-hybridized carbons (Fsp3) is 0.368. The SMILES string of the molecule is C[C@@H]1CCc2c(sc(NC(=O)CCc3ccccc3)c2C(N)=O)C1. The van der Waals surface area contributed by atoms with Gasteiger partial charge < -0.3 is 11.1 Å². The van der Waals surface area contributed by atoms with Gasteiger partial charge in [-0.05, 0) is 42.7 Å². The van der Waals surface area contributed by atoms with E-state index in [0.29, 0.717) is 29.3 Å². The Balaban J connectivity index is 1.72. The molecular formula is C19H22N2O2S. The molecule has 0 bridgehead atoms. The second-order valence-corrected chi connectivity index (χ2v) is 7.56. The van der Waals surface area contributed by atoms with Crippen LogP contribution in [0.3, 0.4) is 0 Å². The molecule has 1 aliphatic rings. The molecule has 1 aromatic heterocycles.